The van der Waals surface area contributed by atoms with E-state index >= 15 is 0 Å². The highest BCUT2D eigenvalue weighted by Crippen LogP contribution is 2.22. The maximum atomic E-state index is 13.9. The van der Waals surface area contributed by atoms with E-state index in [1.807, 2.05) is 13.8 Å². The van der Waals surface area contributed by atoms with Crippen molar-refractivity contribution in [3.63, 3.8) is 0 Å². The Morgan fingerprint density at radius 1 is 1.00 bits per heavy atom. The van der Waals surface area contributed by atoms with Gasteiger partial charge in [-0.05, 0) is 43.0 Å². The smallest absolute Gasteiger partial charge is 0.426 e. The van der Waals surface area contributed by atoms with Gasteiger partial charge in [-0.3, -0.25) is 9.59 Å². The molecule has 2 aromatic carbocycles. The molecule has 0 unspecified atom stereocenters. The molecule has 0 spiro atoms. The number of aliphatic hydroxyl groups is 1. The summed E-state index contributed by atoms with van der Waals surface area (Å²) in [4.78, 5) is 25.2. The van der Waals surface area contributed by atoms with Gasteiger partial charge in [0.05, 0.1) is 12.0 Å². The standard InChI is InChI=1S/C22H28BFN2O5/c1-13(2)12-19(23(30)31)25-22(29)20(14(3)27)26-21(28)16-10-8-15(9-11-16)17-6-4-5-7-18(17)24/h4-11,13-14,19-20,27,30-31H,12H2,1-3H3,(H,25,29)(H,26,28)/t14-,19+,20+/m1/s1. The van der Waals surface area contributed by atoms with Crippen LogP contribution in [0, 0.1) is 11.7 Å². The zero-order chi connectivity index (χ0) is 23.1. The number of aliphatic hydroxyl groups excluding tert-OH is 1. The quantitative estimate of drug-likeness (QED) is 0.387. The molecule has 5 N–H and O–H groups in total. The average Bonchev–Trinajstić information content (AvgIpc) is 2.71. The van der Waals surface area contributed by atoms with E-state index in [0.717, 1.165) is 0 Å². The zero-order valence-electron chi connectivity index (χ0n) is 17.7. The van der Waals surface area contributed by atoms with Crippen LogP contribution in [0.15, 0.2) is 48.5 Å². The Bertz CT molecular complexity index is 890. The van der Waals surface area contributed by atoms with E-state index in [9.17, 15) is 29.1 Å². The van der Waals surface area contributed by atoms with Crippen molar-refractivity contribution in [2.75, 3.05) is 0 Å². The van der Waals surface area contributed by atoms with Gasteiger partial charge in [-0.2, -0.15) is 0 Å². The van der Waals surface area contributed by atoms with Crippen molar-refractivity contribution in [3.8, 4) is 11.1 Å². The lowest BCUT2D eigenvalue weighted by atomic mass is 9.75. The van der Waals surface area contributed by atoms with Gasteiger partial charge in [0, 0.05) is 11.1 Å². The number of hydrogen-bond acceptors (Lipinski definition) is 5. The molecule has 0 aliphatic rings. The normalized spacial score (nSPS) is 13.9. The van der Waals surface area contributed by atoms with Crippen LogP contribution in [0.5, 0.6) is 0 Å². The van der Waals surface area contributed by atoms with Crippen molar-refractivity contribution in [1.82, 2.24) is 10.6 Å². The summed E-state index contributed by atoms with van der Waals surface area (Å²) in [5.74, 6) is -2.57. The summed E-state index contributed by atoms with van der Waals surface area (Å²) in [6.45, 7) is 5.07. The fourth-order valence-corrected chi connectivity index (χ4v) is 3.16. The number of carbonyl (C=O) groups is 2. The Kier molecular flexibility index (Phi) is 8.73. The maximum Gasteiger partial charge on any atom is 0.475 e. The summed E-state index contributed by atoms with van der Waals surface area (Å²) in [6, 6.07) is 11.1. The van der Waals surface area contributed by atoms with Gasteiger partial charge in [0.25, 0.3) is 5.91 Å². The van der Waals surface area contributed by atoms with Crippen molar-refractivity contribution in [2.45, 2.75) is 45.3 Å². The predicted molar refractivity (Wildman–Crippen MR) is 116 cm³/mol. The van der Waals surface area contributed by atoms with Crippen molar-refractivity contribution in [3.05, 3.63) is 59.9 Å². The largest absolute Gasteiger partial charge is 0.475 e. The van der Waals surface area contributed by atoms with Gasteiger partial charge < -0.3 is 25.8 Å². The van der Waals surface area contributed by atoms with Gasteiger partial charge in [0.1, 0.15) is 11.9 Å². The lowest BCUT2D eigenvalue weighted by Crippen LogP contribution is -2.57. The minimum Gasteiger partial charge on any atom is -0.426 e. The second-order valence-corrected chi connectivity index (χ2v) is 7.91. The number of nitrogens with one attached hydrogen (secondary N) is 2. The van der Waals surface area contributed by atoms with Crippen molar-refractivity contribution >= 4 is 18.9 Å². The number of carbonyl (C=O) groups excluding carboxylic acids is 2. The fraction of sp³-hybridized carbons (Fsp3) is 0.364. The summed E-state index contributed by atoms with van der Waals surface area (Å²) in [6.07, 6.45) is -0.918. The molecule has 2 rings (SSSR count). The van der Waals surface area contributed by atoms with Crippen LogP contribution in [-0.4, -0.2) is 52.2 Å². The minimum atomic E-state index is -1.78. The van der Waals surface area contributed by atoms with Crippen LogP contribution >= 0.6 is 0 Å². The molecule has 0 fully saturated rings. The Morgan fingerprint density at radius 2 is 1.61 bits per heavy atom. The summed E-state index contributed by atoms with van der Waals surface area (Å²) in [5, 5.41) is 33.9. The Hall–Kier alpha value is -2.75. The van der Waals surface area contributed by atoms with Gasteiger partial charge in [-0.1, -0.05) is 44.2 Å². The second-order valence-electron chi connectivity index (χ2n) is 7.91. The Morgan fingerprint density at radius 3 is 2.13 bits per heavy atom. The summed E-state index contributed by atoms with van der Waals surface area (Å²) >= 11 is 0. The van der Waals surface area contributed by atoms with Gasteiger partial charge in [0.2, 0.25) is 5.91 Å². The molecule has 0 heterocycles. The SMILES string of the molecule is CC(C)C[C@H](NC(=O)[C@@H](NC(=O)c1ccc(-c2ccccc2F)cc1)[C@@H](C)O)B(O)O. The molecular weight excluding hydrogens is 402 g/mol. The molecule has 0 radical (unpaired) electrons. The minimum absolute atomic E-state index is 0.0830. The third-order valence-electron chi connectivity index (χ3n) is 4.80. The van der Waals surface area contributed by atoms with Gasteiger partial charge in [0.15, 0.2) is 0 Å². The maximum absolute atomic E-state index is 13.9. The van der Waals surface area contributed by atoms with Crippen molar-refractivity contribution in [1.29, 1.82) is 0 Å². The molecule has 0 saturated carbocycles. The molecule has 9 heteroatoms. The highest BCUT2D eigenvalue weighted by Gasteiger charge is 2.32. The van der Waals surface area contributed by atoms with Crippen LogP contribution in [0.2, 0.25) is 0 Å². The van der Waals surface area contributed by atoms with Crippen LogP contribution in [0.3, 0.4) is 0 Å². The Balaban J connectivity index is 2.11. The molecule has 2 aromatic rings. The molecular formula is C22H28BFN2O5. The first-order valence-corrected chi connectivity index (χ1v) is 10.1. The molecule has 3 atom stereocenters. The van der Waals surface area contributed by atoms with Crippen molar-refractivity contribution in [2.24, 2.45) is 5.92 Å². The van der Waals surface area contributed by atoms with Crippen LogP contribution < -0.4 is 10.6 Å². The van der Waals surface area contributed by atoms with E-state index in [2.05, 4.69) is 10.6 Å². The third kappa shape index (κ3) is 6.88. The molecule has 31 heavy (non-hydrogen) atoms. The van der Waals surface area contributed by atoms with E-state index in [0.29, 0.717) is 17.5 Å². The lowest BCUT2D eigenvalue weighted by molar-refractivity contribution is -0.125. The first kappa shape index (κ1) is 24.5. The van der Waals surface area contributed by atoms with Gasteiger partial charge >= 0.3 is 7.12 Å². The molecule has 0 aliphatic heterocycles. The van der Waals surface area contributed by atoms with Crippen LogP contribution in [0.1, 0.15) is 37.6 Å². The highest BCUT2D eigenvalue weighted by molar-refractivity contribution is 6.43. The molecule has 0 aromatic heterocycles. The van der Waals surface area contributed by atoms with Crippen LogP contribution in [-0.2, 0) is 4.79 Å². The van der Waals surface area contributed by atoms with E-state index in [4.69, 9.17) is 0 Å². The Labute approximate surface area is 181 Å². The zero-order valence-corrected chi connectivity index (χ0v) is 17.7. The van der Waals surface area contributed by atoms with Crippen LogP contribution in [0.25, 0.3) is 11.1 Å². The van der Waals surface area contributed by atoms with E-state index < -0.39 is 37.0 Å². The fourth-order valence-electron chi connectivity index (χ4n) is 3.16. The lowest BCUT2D eigenvalue weighted by Gasteiger charge is -2.25. The van der Waals surface area contributed by atoms with Crippen molar-refractivity contribution < 1.29 is 29.1 Å². The first-order chi connectivity index (χ1) is 14.6. The molecule has 0 saturated heterocycles. The second kappa shape index (κ2) is 11.0. The third-order valence-corrected chi connectivity index (χ3v) is 4.80. The highest BCUT2D eigenvalue weighted by atomic mass is 19.1. The molecule has 166 valence electrons. The monoisotopic (exact) mass is 430 g/mol. The van der Waals surface area contributed by atoms with Gasteiger partial charge in [-0.15, -0.1) is 0 Å². The summed E-state index contributed by atoms with van der Waals surface area (Å²) in [5.41, 5.74) is 1.21. The molecule has 7 nitrogen and oxygen atoms in total. The average molecular weight is 430 g/mol. The number of rotatable bonds is 9. The van der Waals surface area contributed by atoms with Gasteiger partial charge in [-0.25, -0.2) is 4.39 Å². The van der Waals surface area contributed by atoms with E-state index in [-0.39, 0.29) is 17.3 Å². The number of amides is 2. The number of halogens is 1. The molecule has 2 amide bonds. The van der Waals surface area contributed by atoms with E-state index in [1.54, 1.807) is 30.3 Å². The van der Waals surface area contributed by atoms with Crippen LogP contribution in [0.4, 0.5) is 4.39 Å². The number of hydrogen-bond donors (Lipinski definition) is 5. The topological polar surface area (TPSA) is 119 Å². The first-order valence-electron chi connectivity index (χ1n) is 10.1. The summed E-state index contributed by atoms with van der Waals surface area (Å²) < 4.78 is 13.9. The predicted octanol–water partition coefficient (Wildman–Crippen LogP) is 1.51. The number of benzene rings is 2. The molecule has 0 aliphatic carbocycles. The van der Waals surface area contributed by atoms with E-state index in [1.165, 1.54) is 25.1 Å². The molecule has 0 bridgehead atoms. The summed E-state index contributed by atoms with van der Waals surface area (Å²) in [7, 11) is -1.78.